The lowest BCUT2D eigenvalue weighted by atomic mass is 9.95. The lowest BCUT2D eigenvalue weighted by Crippen LogP contribution is -2.11. The van der Waals surface area contributed by atoms with E-state index < -0.39 is 0 Å². The topological polar surface area (TPSA) is 46.2 Å². The monoisotopic (exact) mass is 315 g/mol. The van der Waals surface area contributed by atoms with Gasteiger partial charge in [-0.2, -0.15) is 0 Å². The van der Waals surface area contributed by atoms with Gasteiger partial charge in [0, 0.05) is 11.1 Å². The first-order valence-electron chi connectivity index (χ1n) is 6.80. The number of aryl methyl sites for hydroxylation is 1. The number of halogens is 1. The minimum atomic E-state index is -0.387. The molecule has 0 fully saturated rings. The predicted molar refractivity (Wildman–Crippen MR) is 85.9 cm³/mol. The van der Waals surface area contributed by atoms with Gasteiger partial charge in [-0.25, -0.2) is 4.39 Å². The normalized spacial score (nSPS) is 16.3. The van der Waals surface area contributed by atoms with Crippen molar-refractivity contribution in [2.24, 2.45) is 0 Å². The van der Waals surface area contributed by atoms with E-state index in [1.807, 2.05) is 25.3 Å². The Morgan fingerprint density at radius 2 is 1.86 bits per heavy atom. The van der Waals surface area contributed by atoms with E-state index in [1.165, 1.54) is 36.0 Å². The molecular formula is C17H14FNO2S. The quantitative estimate of drug-likeness (QED) is 0.878. The van der Waals surface area contributed by atoms with Crippen LogP contribution in [-0.4, -0.2) is 17.9 Å². The van der Waals surface area contributed by atoms with E-state index in [2.05, 4.69) is 5.32 Å². The maximum Gasteiger partial charge on any atom is 0.242 e. The fourth-order valence-electron chi connectivity index (χ4n) is 2.68. The first kappa shape index (κ1) is 14.8. The van der Waals surface area contributed by atoms with Crippen molar-refractivity contribution in [3.8, 4) is 0 Å². The highest BCUT2D eigenvalue weighted by molar-refractivity contribution is 7.99. The van der Waals surface area contributed by atoms with Crippen LogP contribution in [0.5, 0.6) is 0 Å². The van der Waals surface area contributed by atoms with Crippen LogP contribution >= 0.6 is 11.8 Å². The van der Waals surface area contributed by atoms with Crippen LogP contribution in [0.3, 0.4) is 0 Å². The SMILES string of the molecule is CSC1C(=O)Nc2c1ccc(C)c2C(=O)c1ccc(F)cc1. The second kappa shape index (κ2) is 5.57. The average molecular weight is 315 g/mol. The van der Waals surface area contributed by atoms with Gasteiger partial charge in [0.2, 0.25) is 5.91 Å². The van der Waals surface area contributed by atoms with Crippen molar-refractivity contribution in [2.75, 3.05) is 11.6 Å². The van der Waals surface area contributed by atoms with Gasteiger partial charge in [-0.1, -0.05) is 12.1 Å². The van der Waals surface area contributed by atoms with Gasteiger partial charge < -0.3 is 5.32 Å². The van der Waals surface area contributed by atoms with Crippen molar-refractivity contribution in [2.45, 2.75) is 12.2 Å². The number of rotatable bonds is 3. The largest absolute Gasteiger partial charge is 0.324 e. The van der Waals surface area contributed by atoms with E-state index in [4.69, 9.17) is 0 Å². The molecule has 0 aliphatic carbocycles. The number of hydrogen-bond acceptors (Lipinski definition) is 3. The number of ketones is 1. The standard InChI is InChI=1S/C17H14FNO2S/c1-9-3-8-12-14(19-17(21)16(12)22-2)13(9)15(20)10-4-6-11(18)7-5-10/h3-8,16H,1-2H3,(H,19,21). The number of hydrogen-bond donors (Lipinski definition) is 1. The summed E-state index contributed by atoms with van der Waals surface area (Å²) in [5, 5.41) is 2.52. The summed E-state index contributed by atoms with van der Waals surface area (Å²) in [6.07, 6.45) is 1.86. The number of amides is 1. The second-order valence-corrected chi connectivity index (χ2v) is 6.11. The lowest BCUT2D eigenvalue weighted by Gasteiger charge is -2.11. The Bertz CT molecular complexity index is 771. The highest BCUT2D eigenvalue weighted by Gasteiger charge is 2.33. The Hall–Kier alpha value is -2.14. The zero-order chi connectivity index (χ0) is 15.9. The van der Waals surface area contributed by atoms with Crippen LogP contribution in [0.2, 0.25) is 0 Å². The maximum absolute atomic E-state index is 13.0. The summed E-state index contributed by atoms with van der Waals surface area (Å²) in [6, 6.07) is 9.16. The molecule has 0 spiro atoms. The van der Waals surface area contributed by atoms with Crippen LogP contribution in [0.25, 0.3) is 0 Å². The third-order valence-electron chi connectivity index (χ3n) is 3.78. The van der Waals surface area contributed by atoms with Gasteiger partial charge in [-0.15, -0.1) is 11.8 Å². The zero-order valence-corrected chi connectivity index (χ0v) is 13.0. The number of thioether (sulfide) groups is 1. The minimum Gasteiger partial charge on any atom is -0.324 e. The molecule has 1 heterocycles. The molecule has 2 aromatic carbocycles. The molecule has 1 aliphatic rings. The number of nitrogens with one attached hydrogen (secondary N) is 1. The van der Waals surface area contributed by atoms with E-state index >= 15 is 0 Å². The Kier molecular flexibility index (Phi) is 3.74. The second-order valence-electron chi connectivity index (χ2n) is 5.16. The number of fused-ring (bicyclic) bond motifs is 1. The number of anilines is 1. The van der Waals surface area contributed by atoms with Crippen molar-refractivity contribution >= 4 is 29.1 Å². The van der Waals surface area contributed by atoms with Crippen molar-refractivity contribution in [3.05, 3.63) is 64.5 Å². The lowest BCUT2D eigenvalue weighted by molar-refractivity contribution is -0.115. The predicted octanol–water partition coefficient (Wildman–Crippen LogP) is 3.72. The molecule has 1 amide bonds. The Balaban J connectivity index is 2.12. The van der Waals surface area contributed by atoms with E-state index in [0.717, 1.165) is 11.1 Å². The van der Waals surface area contributed by atoms with Gasteiger partial charge in [0.15, 0.2) is 5.78 Å². The third kappa shape index (κ3) is 2.31. The molecule has 0 aromatic heterocycles. The molecule has 1 aliphatic heterocycles. The molecular weight excluding hydrogens is 301 g/mol. The first-order valence-corrected chi connectivity index (χ1v) is 8.09. The van der Waals surface area contributed by atoms with Crippen LogP contribution < -0.4 is 5.32 Å². The smallest absolute Gasteiger partial charge is 0.242 e. The van der Waals surface area contributed by atoms with Gasteiger partial charge in [-0.05, 0) is 48.6 Å². The fourth-order valence-corrected chi connectivity index (χ4v) is 3.40. The highest BCUT2D eigenvalue weighted by atomic mass is 32.2. The van der Waals surface area contributed by atoms with Gasteiger partial charge in [0.1, 0.15) is 11.1 Å². The maximum atomic E-state index is 13.0. The first-order chi connectivity index (χ1) is 10.5. The molecule has 0 bridgehead atoms. The fraction of sp³-hybridized carbons (Fsp3) is 0.176. The average Bonchev–Trinajstić information content (AvgIpc) is 2.82. The molecule has 0 saturated carbocycles. The third-order valence-corrected chi connectivity index (χ3v) is 4.72. The molecule has 112 valence electrons. The van der Waals surface area contributed by atoms with E-state index in [0.29, 0.717) is 16.8 Å². The summed E-state index contributed by atoms with van der Waals surface area (Å²) in [4.78, 5) is 24.8. The van der Waals surface area contributed by atoms with Crippen LogP contribution in [-0.2, 0) is 4.79 Å². The number of carbonyl (C=O) groups is 2. The molecule has 1 atom stereocenters. The summed E-state index contributed by atoms with van der Waals surface area (Å²) in [5.41, 5.74) is 3.08. The minimum absolute atomic E-state index is 0.110. The van der Waals surface area contributed by atoms with E-state index in [1.54, 1.807) is 0 Å². The van der Waals surface area contributed by atoms with E-state index in [9.17, 15) is 14.0 Å². The molecule has 1 N–H and O–H groups in total. The molecule has 3 nitrogen and oxygen atoms in total. The van der Waals surface area contributed by atoms with Gasteiger partial charge in [0.05, 0.1) is 5.69 Å². The van der Waals surface area contributed by atoms with Crippen LogP contribution in [0.15, 0.2) is 36.4 Å². The Labute approximate surface area is 131 Å². The molecule has 3 rings (SSSR count). The summed E-state index contributed by atoms with van der Waals surface area (Å²) in [5.74, 6) is -0.708. The van der Waals surface area contributed by atoms with Crippen molar-refractivity contribution in [1.82, 2.24) is 0 Å². The summed E-state index contributed by atoms with van der Waals surface area (Å²) < 4.78 is 13.0. The van der Waals surface area contributed by atoms with Crippen molar-refractivity contribution in [3.63, 3.8) is 0 Å². The van der Waals surface area contributed by atoms with Crippen molar-refractivity contribution < 1.29 is 14.0 Å². The van der Waals surface area contributed by atoms with Crippen LogP contribution in [0.4, 0.5) is 10.1 Å². The highest BCUT2D eigenvalue weighted by Crippen LogP contribution is 2.42. The van der Waals surface area contributed by atoms with Gasteiger partial charge in [-0.3, -0.25) is 9.59 Å². The molecule has 22 heavy (non-hydrogen) atoms. The molecule has 0 saturated heterocycles. The number of carbonyl (C=O) groups excluding carboxylic acids is 2. The number of benzene rings is 2. The molecule has 5 heteroatoms. The van der Waals surface area contributed by atoms with Crippen LogP contribution in [0.1, 0.15) is 32.3 Å². The molecule has 2 aromatic rings. The van der Waals surface area contributed by atoms with E-state index in [-0.39, 0.29) is 22.8 Å². The Morgan fingerprint density at radius 1 is 1.18 bits per heavy atom. The summed E-state index contributed by atoms with van der Waals surface area (Å²) in [7, 11) is 0. The van der Waals surface area contributed by atoms with Gasteiger partial charge >= 0.3 is 0 Å². The zero-order valence-electron chi connectivity index (χ0n) is 12.1. The van der Waals surface area contributed by atoms with Gasteiger partial charge in [0.25, 0.3) is 0 Å². The van der Waals surface area contributed by atoms with Crippen molar-refractivity contribution in [1.29, 1.82) is 0 Å². The Morgan fingerprint density at radius 3 is 2.50 bits per heavy atom. The molecule has 0 radical (unpaired) electrons. The summed E-state index contributed by atoms with van der Waals surface area (Å²) >= 11 is 1.43. The molecule has 1 unspecified atom stereocenters. The summed E-state index contributed by atoms with van der Waals surface area (Å²) in [6.45, 7) is 1.83. The van der Waals surface area contributed by atoms with Crippen LogP contribution in [0, 0.1) is 12.7 Å².